The van der Waals surface area contributed by atoms with Gasteiger partial charge in [-0.3, -0.25) is 9.59 Å². The van der Waals surface area contributed by atoms with Crippen LogP contribution in [0, 0.1) is 5.92 Å². The smallest absolute Gasteiger partial charge is 0.311 e. The van der Waals surface area contributed by atoms with E-state index in [9.17, 15) is 9.59 Å². The van der Waals surface area contributed by atoms with Gasteiger partial charge in [-0.25, -0.2) is 0 Å². The summed E-state index contributed by atoms with van der Waals surface area (Å²) in [6, 6.07) is 4.35. The van der Waals surface area contributed by atoms with E-state index in [4.69, 9.17) is 14.2 Å². The number of hydrogen-bond donors (Lipinski definition) is 0. The van der Waals surface area contributed by atoms with E-state index in [0.717, 1.165) is 32.2 Å². The molecule has 6 nitrogen and oxygen atoms in total. The average molecular weight is 426 g/mol. The third-order valence-corrected chi connectivity index (χ3v) is 7.51. The maximum atomic E-state index is 12.4. The fourth-order valence-corrected chi connectivity index (χ4v) is 6.18. The second-order valence-electron chi connectivity index (χ2n) is 9.35. The van der Waals surface area contributed by atoms with Crippen molar-refractivity contribution in [3.63, 3.8) is 0 Å². The number of ether oxygens (including phenoxy) is 3. The van der Waals surface area contributed by atoms with Gasteiger partial charge in [-0.1, -0.05) is 26.0 Å². The maximum absolute atomic E-state index is 12.4. The highest BCUT2D eigenvalue weighted by Gasteiger charge is 2.65. The lowest BCUT2D eigenvalue weighted by Gasteiger charge is -2.56. The first-order valence-corrected chi connectivity index (χ1v) is 11.6. The predicted octanol–water partition coefficient (Wildman–Crippen LogP) is 3.55. The first-order valence-electron chi connectivity index (χ1n) is 11.6. The Morgan fingerprint density at radius 1 is 1.16 bits per heavy atom. The van der Waals surface area contributed by atoms with Crippen molar-refractivity contribution < 1.29 is 23.8 Å². The monoisotopic (exact) mass is 425 g/mol. The summed E-state index contributed by atoms with van der Waals surface area (Å²) in [6.07, 6.45) is 7.67. The summed E-state index contributed by atoms with van der Waals surface area (Å²) in [5.41, 5.74) is 2.18. The molecule has 2 bridgehead atoms. The predicted molar refractivity (Wildman–Crippen MR) is 115 cm³/mol. The van der Waals surface area contributed by atoms with Crippen LogP contribution in [0.4, 0.5) is 0 Å². The van der Waals surface area contributed by atoms with Gasteiger partial charge in [0.1, 0.15) is 6.10 Å². The molecule has 5 rings (SSSR count). The molecule has 0 unspecified atom stereocenters. The SMILES string of the molecule is CCCC(=O)Oc1ccc2c3c1O[C@H]1[C@@H](OC(=O)CCC)C=C[C@H]4[C@@H](C2)N(C)CC[C@@]341. The van der Waals surface area contributed by atoms with Crippen LogP contribution < -0.4 is 9.47 Å². The second-order valence-corrected chi connectivity index (χ2v) is 9.35. The Hall–Kier alpha value is -2.34. The Kier molecular flexibility index (Phi) is 5.08. The van der Waals surface area contributed by atoms with Crippen LogP contribution in [0.1, 0.15) is 57.1 Å². The van der Waals surface area contributed by atoms with Crippen molar-refractivity contribution in [2.75, 3.05) is 13.6 Å². The van der Waals surface area contributed by atoms with Crippen molar-refractivity contribution in [2.45, 2.75) is 76.0 Å². The van der Waals surface area contributed by atoms with E-state index < -0.39 is 6.10 Å². The Balaban J connectivity index is 1.59. The van der Waals surface area contributed by atoms with Gasteiger partial charge in [0.25, 0.3) is 0 Å². The number of likely N-dealkylation sites (tertiary alicyclic amines) is 1. The summed E-state index contributed by atoms with van der Waals surface area (Å²) in [6.45, 7) is 4.89. The maximum Gasteiger partial charge on any atom is 0.311 e. The molecule has 0 amide bonds. The van der Waals surface area contributed by atoms with Gasteiger partial charge in [-0.15, -0.1) is 0 Å². The molecule has 2 heterocycles. The zero-order valence-corrected chi connectivity index (χ0v) is 18.6. The van der Waals surface area contributed by atoms with Gasteiger partial charge in [0.2, 0.25) is 0 Å². The lowest BCUT2D eigenvalue weighted by Crippen LogP contribution is -2.65. The van der Waals surface area contributed by atoms with Crippen molar-refractivity contribution >= 4 is 11.9 Å². The number of likely N-dealkylation sites (N-methyl/N-ethyl adjacent to an activating group) is 1. The number of hydrogen-bond acceptors (Lipinski definition) is 6. The highest BCUT2D eigenvalue weighted by molar-refractivity contribution is 5.75. The van der Waals surface area contributed by atoms with E-state index in [-0.39, 0.29) is 29.4 Å². The van der Waals surface area contributed by atoms with E-state index in [0.29, 0.717) is 30.4 Å². The van der Waals surface area contributed by atoms with Crippen molar-refractivity contribution in [3.05, 3.63) is 35.4 Å². The van der Waals surface area contributed by atoms with Crippen LogP contribution in [0.15, 0.2) is 24.3 Å². The third kappa shape index (κ3) is 3.02. The Morgan fingerprint density at radius 2 is 1.94 bits per heavy atom. The standard InChI is InChI=1S/C25H31NO5/c1-4-6-20(27)29-18-10-8-15-14-17-16-9-11-19(30-21(28)7-5-2)24-25(16,12-13-26(17)3)22(15)23(18)31-24/h8-11,16-17,19,24H,4-7,12-14H2,1-3H3/t16-,17+,19-,24-,25-/m0/s1. The molecule has 2 aliphatic carbocycles. The number of carbonyl (C=O) groups is 2. The summed E-state index contributed by atoms with van der Waals surface area (Å²) < 4.78 is 18.2. The molecule has 1 fully saturated rings. The number of piperidine rings is 1. The molecule has 5 atom stereocenters. The van der Waals surface area contributed by atoms with E-state index in [1.807, 2.05) is 26.0 Å². The molecule has 0 saturated carbocycles. The minimum absolute atomic E-state index is 0.193. The second kappa shape index (κ2) is 7.66. The fourth-order valence-electron chi connectivity index (χ4n) is 6.18. The number of rotatable bonds is 6. The normalized spacial score (nSPS) is 32.2. The Labute approximate surface area is 183 Å². The zero-order valence-electron chi connectivity index (χ0n) is 18.6. The third-order valence-electron chi connectivity index (χ3n) is 7.51. The Bertz CT molecular complexity index is 940. The molecule has 2 aliphatic heterocycles. The minimum Gasteiger partial charge on any atom is -0.481 e. The number of carbonyl (C=O) groups excluding carboxylic acids is 2. The molecule has 1 aromatic rings. The molecule has 0 aromatic heterocycles. The van der Waals surface area contributed by atoms with Gasteiger partial charge in [-0.2, -0.15) is 0 Å². The van der Waals surface area contributed by atoms with Crippen LogP contribution in [0.5, 0.6) is 11.5 Å². The molecule has 31 heavy (non-hydrogen) atoms. The molecule has 6 heteroatoms. The van der Waals surface area contributed by atoms with Gasteiger partial charge in [0.05, 0.1) is 0 Å². The molecule has 1 aromatic carbocycles. The average Bonchev–Trinajstić information content (AvgIpc) is 3.09. The summed E-state index contributed by atoms with van der Waals surface area (Å²) in [5.74, 6) is 1.03. The molecular formula is C25H31NO5. The quantitative estimate of drug-likeness (QED) is 0.395. The van der Waals surface area contributed by atoms with Crippen molar-refractivity contribution in [1.82, 2.24) is 4.90 Å². The largest absolute Gasteiger partial charge is 0.481 e. The molecule has 4 aliphatic rings. The van der Waals surface area contributed by atoms with Gasteiger partial charge in [-0.05, 0) is 57.0 Å². The first kappa shape index (κ1) is 20.6. The summed E-state index contributed by atoms with van der Waals surface area (Å²) in [7, 11) is 2.19. The van der Waals surface area contributed by atoms with E-state index >= 15 is 0 Å². The summed E-state index contributed by atoms with van der Waals surface area (Å²) in [4.78, 5) is 27.1. The van der Waals surface area contributed by atoms with Crippen molar-refractivity contribution in [2.24, 2.45) is 5.92 Å². The summed E-state index contributed by atoms with van der Waals surface area (Å²) >= 11 is 0. The first-order chi connectivity index (χ1) is 15.0. The molecule has 166 valence electrons. The highest BCUT2D eigenvalue weighted by Crippen LogP contribution is 2.62. The van der Waals surface area contributed by atoms with Gasteiger partial charge >= 0.3 is 11.9 Å². The van der Waals surface area contributed by atoms with Crippen molar-refractivity contribution in [3.8, 4) is 11.5 Å². The molecule has 0 radical (unpaired) electrons. The molecular weight excluding hydrogens is 394 g/mol. The van der Waals surface area contributed by atoms with Gasteiger partial charge in [0.15, 0.2) is 17.6 Å². The summed E-state index contributed by atoms with van der Waals surface area (Å²) in [5, 5.41) is 0. The van der Waals surface area contributed by atoms with Crippen LogP contribution >= 0.6 is 0 Å². The van der Waals surface area contributed by atoms with Crippen LogP contribution in [-0.4, -0.2) is 48.7 Å². The molecule has 1 saturated heterocycles. The lowest BCUT2D eigenvalue weighted by atomic mass is 9.53. The van der Waals surface area contributed by atoms with Crippen LogP contribution in [0.3, 0.4) is 0 Å². The van der Waals surface area contributed by atoms with E-state index in [1.54, 1.807) is 0 Å². The number of esters is 2. The highest BCUT2D eigenvalue weighted by atomic mass is 16.6. The fraction of sp³-hybridized carbons (Fsp3) is 0.600. The Morgan fingerprint density at radius 3 is 2.71 bits per heavy atom. The zero-order chi connectivity index (χ0) is 21.8. The topological polar surface area (TPSA) is 65.1 Å². The number of nitrogens with zero attached hydrogens (tertiary/aromatic N) is 1. The van der Waals surface area contributed by atoms with Gasteiger partial charge < -0.3 is 19.1 Å². The molecule has 1 spiro atoms. The van der Waals surface area contributed by atoms with E-state index in [1.165, 1.54) is 11.1 Å². The van der Waals surface area contributed by atoms with Crippen LogP contribution in [-0.2, 0) is 26.2 Å². The minimum atomic E-state index is -0.433. The number of benzene rings is 1. The van der Waals surface area contributed by atoms with Gasteiger partial charge in [0, 0.05) is 35.8 Å². The van der Waals surface area contributed by atoms with Crippen LogP contribution in [0.25, 0.3) is 0 Å². The molecule has 0 N–H and O–H groups in total. The van der Waals surface area contributed by atoms with Crippen molar-refractivity contribution in [1.29, 1.82) is 0 Å². The van der Waals surface area contributed by atoms with Crippen LogP contribution in [0.2, 0.25) is 0 Å². The lowest BCUT2D eigenvalue weighted by molar-refractivity contribution is -0.155. The van der Waals surface area contributed by atoms with E-state index in [2.05, 4.69) is 24.1 Å².